The minimum Gasteiger partial charge on any atom is -0.337 e. The van der Waals surface area contributed by atoms with Gasteiger partial charge in [-0.2, -0.15) is 0 Å². The van der Waals surface area contributed by atoms with Gasteiger partial charge in [0.05, 0.1) is 15.8 Å². The van der Waals surface area contributed by atoms with Crippen molar-refractivity contribution in [3.63, 3.8) is 0 Å². The van der Waals surface area contributed by atoms with E-state index in [2.05, 4.69) is 27.4 Å². The van der Waals surface area contributed by atoms with Crippen LogP contribution >= 0.6 is 11.8 Å². The van der Waals surface area contributed by atoms with Crippen LogP contribution in [0.2, 0.25) is 0 Å². The summed E-state index contributed by atoms with van der Waals surface area (Å²) in [6, 6.07) is 16.3. The highest BCUT2D eigenvalue weighted by atomic mass is 32.2. The molecular weight excluding hydrogens is 432 g/mol. The number of aryl methyl sites for hydroxylation is 1. The van der Waals surface area contributed by atoms with Crippen LogP contribution in [0.4, 0.5) is 5.69 Å². The second-order valence-corrected chi connectivity index (χ2v) is 10.8. The van der Waals surface area contributed by atoms with Crippen LogP contribution in [-0.2, 0) is 21.2 Å². The number of aromatic amines is 1. The van der Waals surface area contributed by atoms with Gasteiger partial charge in [0.2, 0.25) is 15.9 Å². The van der Waals surface area contributed by atoms with Crippen LogP contribution in [-0.4, -0.2) is 47.9 Å². The molecule has 0 bridgehead atoms. The summed E-state index contributed by atoms with van der Waals surface area (Å²) in [6.07, 6.45) is 0.720. The number of carbonyl (C=O) groups excluding carboxylic acids is 1. The molecule has 0 saturated carbocycles. The Bertz CT molecular complexity index is 1160. The highest BCUT2D eigenvalue weighted by Crippen LogP contribution is 2.25. The maximum absolute atomic E-state index is 12.7. The zero-order chi connectivity index (χ0) is 22.6. The van der Waals surface area contributed by atoms with E-state index >= 15 is 0 Å². The number of H-pyrrole nitrogens is 1. The van der Waals surface area contributed by atoms with E-state index in [1.54, 1.807) is 19.1 Å². The molecule has 0 fully saturated rings. The van der Waals surface area contributed by atoms with E-state index in [9.17, 15) is 13.2 Å². The van der Waals surface area contributed by atoms with Crippen molar-refractivity contribution >= 4 is 33.4 Å². The smallest absolute Gasteiger partial charge is 0.242 e. The first kappa shape index (κ1) is 23.1. The van der Waals surface area contributed by atoms with E-state index in [0.29, 0.717) is 10.8 Å². The summed E-state index contributed by atoms with van der Waals surface area (Å²) in [5.41, 5.74) is 3.52. The summed E-state index contributed by atoms with van der Waals surface area (Å²) in [6.45, 7) is 3.76. The number of imidazole rings is 1. The number of aromatic nitrogens is 2. The molecule has 3 aromatic rings. The van der Waals surface area contributed by atoms with Gasteiger partial charge in [0.1, 0.15) is 0 Å². The van der Waals surface area contributed by atoms with Gasteiger partial charge in [-0.1, -0.05) is 48.2 Å². The van der Waals surface area contributed by atoms with Crippen LogP contribution in [0.25, 0.3) is 0 Å². The van der Waals surface area contributed by atoms with Gasteiger partial charge >= 0.3 is 0 Å². The standard InChI is InChI=1S/C22H26N4O3S2/c1-15-20(13-17-9-6-5-7-10-17)25-22(23-15)30-16(2)21(27)24-18-11-8-12-19(14-18)31(28,29)26(3)4/h5-12,14,16H,13H2,1-4H3,(H,23,25)(H,24,27)/t16-/m0/s1. The number of thioether (sulfide) groups is 1. The van der Waals surface area contributed by atoms with Crippen LogP contribution in [0.1, 0.15) is 23.9 Å². The molecule has 0 radical (unpaired) electrons. The number of benzene rings is 2. The third-order valence-corrected chi connectivity index (χ3v) is 7.51. The monoisotopic (exact) mass is 458 g/mol. The number of rotatable bonds is 8. The van der Waals surface area contributed by atoms with Gasteiger partial charge in [-0.25, -0.2) is 17.7 Å². The van der Waals surface area contributed by atoms with Crippen LogP contribution in [0, 0.1) is 6.92 Å². The summed E-state index contributed by atoms with van der Waals surface area (Å²) in [4.78, 5) is 20.7. The van der Waals surface area contributed by atoms with E-state index in [4.69, 9.17) is 0 Å². The van der Waals surface area contributed by atoms with Crippen LogP contribution in [0.5, 0.6) is 0 Å². The first-order chi connectivity index (χ1) is 14.7. The van der Waals surface area contributed by atoms with Gasteiger partial charge in [-0.05, 0) is 37.6 Å². The van der Waals surface area contributed by atoms with Gasteiger partial charge in [-0.3, -0.25) is 4.79 Å². The van der Waals surface area contributed by atoms with Crippen molar-refractivity contribution in [1.82, 2.24) is 14.3 Å². The number of anilines is 1. The van der Waals surface area contributed by atoms with Crippen molar-refractivity contribution in [1.29, 1.82) is 0 Å². The number of amides is 1. The Kier molecular flexibility index (Phi) is 7.19. The first-order valence-corrected chi connectivity index (χ1v) is 12.1. The average Bonchev–Trinajstić information content (AvgIpc) is 3.07. The molecule has 1 aromatic heterocycles. The Hall–Kier alpha value is -2.62. The third-order valence-electron chi connectivity index (χ3n) is 4.72. The third kappa shape index (κ3) is 5.75. The predicted molar refractivity (Wildman–Crippen MR) is 124 cm³/mol. The molecule has 31 heavy (non-hydrogen) atoms. The lowest BCUT2D eigenvalue weighted by molar-refractivity contribution is -0.115. The largest absolute Gasteiger partial charge is 0.337 e. The summed E-state index contributed by atoms with van der Waals surface area (Å²) < 4.78 is 25.8. The van der Waals surface area contributed by atoms with Gasteiger partial charge in [0, 0.05) is 31.9 Å². The zero-order valence-electron chi connectivity index (χ0n) is 17.9. The van der Waals surface area contributed by atoms with Crippen molar-refractivity contribution in [3.8, 4) is 0 Å². The highest BCUT2D eigenvalue weighted by molar-refractivity contribution is 8.00. The van der Waals surface area contributed by atoms with E-state index in [0.717, 1.165) is 22.1 Å². The van der Waals surface area contributed by atoms with E-state index in [1.165, 1.54) is 43.6 Å². The Morgan fingerprint density at radius 3 is 2.55 bits per heavy atom. The van der Waals surface area contributed by atoms with Gasteiger partial charge in [0.25, 0.3) is 0 Å². The fraction of sp³-hybridized carbons (Fsp3) is 0.273. The lowest BCUT2D eigenvalue weighted by Gasteiger charge is -2.14. The molecule has 3 rings (SSSR count). The van der Waals surface area contributed by atoms with Gasteiger partial charge < -0.3 is 10.3 Å². The molecule has 9 heteroatoms. The van der Waals surface area contributed by atoms with Crippen molar-refractivity contribution in [2.75, 3.05) is 19.4 Å². The van der Waals surface area contributed by atoms with Crippen LogP contribution in [0.15, 0.2) is 64.6 Å². The Morgan fingerprint density at radius 1 is 1.16 bits per heavy atom. The van der Waals surface area contributed by atoms with Crippen LogP contribution in [0.3, 0.4) is 0 Å². The molecule has 1 heterocycles. The summed E-state index contributed by atoms with van der Waals surface area (Å²) in [5.74, 6) is -0.233. The topological polar surface area (TPSA) is 95.2 Å². The molecule has 164 valence electrons. The Morgan fingerprint density at radius 2 is 1.87 bits per heavy atom. The molecule has 2 N–H and O–H groups in total. The van der Waals surface area contributed by atoms with Crippen molar-refractivity contribution < 1.29 is 13.2 Å². The molecule has 1 amide bonds. The number of hydrogen-bond acceptors (Lipinski definition) is 5. The fourth-order valence-electron chi connectivity index (χ4n) is 2.89. The second kappa shape index (κ2) is 9.67. The maximum Gasteiger partial charge on any atom is 0.242 e. The van der Waals surface area contributed by atoms with Crippen molar-refractivity contribution in [2.24, 2.45) is 0 Å². The van der Waals surface area contributed by atoms with Gasteiger partial charge in [-0.15, -0.1) is 0 Å². The Labute approximate surface area is 187 Å². The zero-order valence-corrected chi connectivity index (χ0v) is 19.5. The molecular formula is C22H26N4O3S2. The number of carbonyl (C=O) groups is 1. The average molecular weight is 459 g/mol. The van der Waals surface area contributed by atoms with E-state index < -0.39 is 15.3 Å². The molecule has 0 unspecified atom stereocenters. The lowest BCUT2D eigenvalue weighted by atomic mass is 10.1. The fourth-order valence-corrected chi connectivity index (χ4v) is 4.72. The normalized spacial score (nSPS) is 12.7. The molecule has 7 nitrogen and oxygen atoms in total. The molecule has 2 aromatic carbocycles. The minimum absolute atomic E-state index is 0.128. The SMILES string of the molecule is Cc1[nH]c(S[C@@H](C)C(=O)Nc2cccc(S(=O)(=O)N(C)C)c2)nc1Cc1ccccc1. The summed E-state index contributed by atoms with van der Waals surface area (Å²) in [5, 5.41) is 3.04. The summed E-state index contributed by atoms with van der Waals surface area (Å²) >= 11 is 1.33. The second-order valence-electron chi connectivity index (χ2n) is 7.34. The van der Waals surface area contributed by atoms with Crippen LogP contribution < -0.4 is 5.32 Å². The molecule has 0 saturated heterocycles. The molecule has 0 aliphatic rings. The maximum atomic E-state index is 12.7. The first-order valence-electron chi connectivity index (χ1n) is 9.76. The van der Waals surface area contributed by atoms with E-state index in [1.807, 2.05) is 25.1 Å². The van der Waals surface area contributed by atoms with Crippen molar-refractivity contribution in [3.05, 3.63) is 71.5 Å². The lowest BCUT2D eigenvalue weighted by Crippen LogP contribution is -2.24. The quantitative estimate of drug-likeness (QED) is 0.502. The minimum atomic E-state index is -3.57. The van der Waals surface area contributed by atoms with E-state index in [-0.39, 0.29) is 10.8 Å². The molecule has 0 aliphatic heterocycles. The molecule has 1 atom stereocenters. The molecule has 0 spiro atoms. The predicted octanol–water partition coefficient (Wildman–Crippen LogP) is 3.68. The van der Waals surface area contributed by atoms with Crippen molar-refractivity contribution in [2.45, 2.75) is 35.6 Å². The highest BCUT2D eigenvalue weighted by Gasteiger charge is 2.20. The summed E-state index contributed by atoms with van der Waals surface area (Å²) in [7, 11) is -0.632. The number of nitrogens with one attached hydrogen (secondary N) is 2. The number of hydrogen-bond donors (Lipinski definition) is 2. The number of sulfonamides is 1. The Balaban J connectivity index is 1.66. The molecule has 0 aliphatic carbocycles. The van der Waals surface area contributed by atoms with Gasteiger partial charge in [0.15, 0.2) is 5.16 Å². The number of nitrogens with zero attached hydrogens (tertiary/aromatic N) is 2.